The first kappa shape index (κ1) is 43.4. The standard InChI is InChI=1S/C47H56N2O10S/c1-3-24-56-47-44(60-37-11-4-5-12-37)28-41(48-57-30-31-14-16-34(17-15-31)49(53)54)39-26-32(10-6-8-22-50)38(13-7-9-23-51)45(46(39)47)40-27-36(19-21-43(40)59-47)58-35-18-20-42(55-2)33(25-35)29-52/h3,14-21,25-27,29,32,37-38,44-46,50-51H,1,4-13,22-24,28,30H2,2H3/t32-,38+,44-,45+,46+,47+/m0/s1. The van der Waals surface area contributed by atoms with Crippen molar-refractivity contribution in [2.45, 2.75) is 99.4 Å². The molecule has 0 aromatic heterocycles. The molecule has 0 spiro atoms. The third-order valence-corrected chi connectivity index (χ3v) is 14.1. The molecule has 12 nitrogen and oxygen atoms in total. The molecular weight excluding hydrogens is 785 g/mol. The highest BCUT2D eigenvalue weighted by Crippen LogP contribution is 2.63. The summed E-state index contributed by atoms with van der Waals surface area (Å²) in [4.78, 5) is 28.9. The number of rotatable bonds is 21. The van der Waals surface area contributed by atoms with E-state index in [1.807, 2.05) is 23.9 Å². The van der Waals surface area contributed by atoms with E-state index in [1.54, 1.807) is 36.4 Å². The third kappa shape index (κ3) is 9.44. The van der Waals surface area contributed by atoms with E-state index in [2.05, 4.69) is 18.7 Å². The summed E-state index contributed by atoms with van der Waals surface area (Å²) in [6.07, 6.45) is 14.7. The second-order valence-electron chi connectivity index (χ2n) is 16.1. The molecule has 0 amide bonds. The van der Waals surface area contributed by atoms with Crippen LogP contribution >= 0.6 is 11.8 Å². The van der Waals surface area contributed by atoms with Crippen LogP contribution in [0.2, 0.25) is 0 Å². The van der Waals surface area contributed by atoms with Gasteiger partial charge in [-0.05, 0) is 110 Å². The molecule has 3 aromatic carbocycles. The average molecular weight is 841 g/mol. The zero-order chi connectivity index (χ0) is 42.1. The van der Waals surface area contributed by atoms with Gasteiger partial charge in [-0.2, -0.15) is 0 Å². The van der Waals surface area contributed by atoms with Crippen molar-refractivity contribution in [2.24, 2.45) is 22.9 Å². The molecule has 6 atom stereocenters. The summed E-state index contributed by atoms with van der Waals surface area (Å²) in [5, 5.41) is 36.3. The minimum atomic E-state index is -1.08. The van der Waals surface area contributed by atoms with Crippen molar-refractivity contribution in [2.75, 3.05) is 26.9 Å². The number of allylic oxidation sites excluding steroid dienone is 1. The number of methoxy groups -OCH3 is 1. The molecule has 1 aliphatic heterocycles. The molecule has 60 heavy (non-hydrogen) atoms. The predicted molar refractivity (Wildman–Crippen MR) is 231 cm³/mol. The van der Waals surface area contributed by atoms with Crippen molar-refractivity contribution < 1.29 is 43.7 Å². The van der Waals surface area contributed by atoms with Crippen LogP contribution in [0.25, 0.3) is 0 Å². The fourth-order valence-electron chi connectivity index (χ4n) is 9.67. The average Bonchev–Trinajstić information content (AvgIpc) is 3.78. The van der Waals surface area contributed by atoms with Gasteiger partial charge in [0.25, 0.3) is 5.69 Å². The van der Waals surface area contributed by atoms with Crippen LogP contribution in [-0.2, 0) is 16.2 Å². The lowest BCUT2D eigenvalue weighted by atomic mass is 9.56. The van der Waals surface area contributed by atoms with Gasteiger partial charge in [-0.15, -0.1) is 18.3 Å². The van der Waals surface area contributed by atoms with E-state index in [1.165, 1.54) is 32.1 Å². The van der Waals surface area contributed by atoms with Crippen molar-refractivity contribution in [1.82, 2.24) is 0 Å². The Balaban J connectivity index is 1.36. The summed E-state index contributed by atoms with van der Waals surface area (Å²) >= 11 is 1.93. The minimum absolute atomic E-state index is 0.0139. The predicted octanol–water partition coefficient (Wildman–Crippen LogP) is 9.72. The molecular formula is C47H56N2O10S. The minimum Gasteiger partial charge on any atom is -0.496 e. The smallest absolute Gasteiger partial charge is 0.269 e. The van der Waals surface area contributed by atoms with Gasteiger partial charge in [-0.25, -0.2) is 0 Å². The number of thioether (sulfide) groups is 1. The number of non-ortho nitro benzene ring substituents is 1. The van der Waals surface area contributed by atoms with Crippen LogP contribution in [0.5, 0.6) is 23.0 Å². The fraction of sp³-hybridized carbons (Fsp3) is 0.489. The molecule has 0 bridgehead atoms. The molecule has 13 heteroatoms. The Morgan fingerprint density at radius 1 is 1.00 bits per heavy atom. The van der Waals surface area contributed by atoms with Crippen molar-refractivity contribution in [1.29, 1.82) is 0 Å². The van der Waals surface area contributed by atoms with Crippen LogP contribution in [0.1, 0.15) is 98.0 Å². The maximum Gasteiger partial charge on any atom is 0.269 e. The first-order chi connectivity index (χ1) is 29.3. The summed E-state index contributed by atoms with van der Waals surface area (Å²) in [5.41, 5.74) is 4.00. The van der Waals surface area contributed by atoms with E-state index in [-0.39, 0.29) is 61.0 Å². The Hall–Kier alpha value is -4.69. The molecule has 1 heterocycles. The van der Waals surface area contributed by atoms with Crippen LogP contribution in [0.15, 0.2) is 90.1 Å². The number of hydrogen-bond acceptors (Lipinski definition) is 12. The first-order valence-electron chi connectivity index (χ1n) is 21.2. The number of fused-ring (bicyclic) bond motifs is 2. The van der Waals surface area contributed by atoms with E-state index in [0.29, 0.717) is 47.3 Å². The van der Waals surface area contributed by atoms with Gasteiger partial charge in [0.15, 0.2) is 6.29 Å². The van der Waals surface area contributed by atoms with Gasteiger partial charge >= 0.3 is 0 Å². The molecule has 0 saturated heterocycles. The quantitative estimate of drug-likeness (QED) is 0.0346. The van der Waals surface area contributed by atoms with Gasteiger partial charge in [0.2, 0.25) is 5.79 Å². The number of carbonyl (C=O) groups is 1. The maximum atomic E-state index is 11.9. The number of aliphatic hydroxyl groups excluding tert-OH is 2. The number of benzene rings is 3. The van der Waals surface area contributed by atoms with E-state index in [0.717, 1.165) is 73.0 Å². The Labute approximate surface area is 356 Å². The summed E-state index contributed by atoms with van der Waals surface area (Å²) in [7, 11) is 1.52. The van der Waals surface area contributed by atoms with Gasteiger partial charge < -0.3 is 34.0 Å². The first-order valence-corrected chi connectivity index (χ1v) is 22.2. The summed E-state index contributed by atoms with van der Waals surface area (Å²) < 4.78 is 26.2. The Kier molecular flexibility index (Phi) is 14.6. The van der Waals surface area contributed by atoms with Gasteiger partial charge in [-0.3, -0.25) is 14.9 Å². The number of oxime groups is 1. The molecule has 3 aliphatic carbocycles. The fourth-order valence-corrected chi connectivity index (χ4v) is 11.4. The summed E-state index contributed by atoms with van der Waals surface area (Å²) in [6, 6.07) is 17.4. The molecule has 0 radical (unpaired) electrons. The SMILES string of the molecule is C=CCO[C@@]12Oc3ccc(Oc4ccc(OC)c(C=O)c4)cc3[C@H]3[C@H](CCCCO)[C@@H](CCCCO)C=C(C(=NOCc4ccc([N+](=O)[O-])cc4)C[C@@H]1SC1CCCC1)[C@H]32. The summed E-state index contributed by atoms with van der Waals surface area (Å²) in [5.74, 6) is 1.00. The number of aliphatic hydroxyl groups is 2. The van der Waals surface area contributed by atoms with Crippen LogP contribution in [0, 0.1) is 27.9 Å². The number of carbonyl (C=O) groups excluding carboxylic acids is 1. The second kappa shape index (κ2) is 20.2. The zero-order valence-corrected chi connectivity index (χ0v) is 35.1. The van der Waals surface area contributed by atoms with Gasteiger partial charge in [-0.1, -0.05) is 43.0 Å². The molecule has 0 unspecified atom stereocenters. The van der Waals surface area contributed by atoms with Crippen molar-refractivity contribution in [3.8, 4) is 23.0 Å². The van der Waals surface area contributed by atoms with Crippen molar-refractivity contribution in [3.63, 3.8) is 0 Å². The van der Waals surface area contributed by atoms with Gasteiger partial charge in [0.1, 0.15) is 29.6 Å². The molecule has 2 saturated carbocycles. The largest absolute Gasteiger partial charge is 0.496 e. The molecule has 2 fully saturated rings. The normalized spacial score (nSPS) is 25.1. The number of unbranched alkanes of at least 4 members (excludes halogenated alkanes) is 2. The number of hydrogen-bond donors (Lipinski definition) is 2. The van der Waals surface area contributed by atoms with E-state index >= 15 is 0 Å². The van der Waals surface area contributed by atoms with E-state index in [9.17, 15) is 25.1 Å². The van der Waals surface area contributed by atoms with Crippen LogP contribution < -0.4 is 14.2 Å². The van der Waals surface area contributed by atoms with E-state index in [4.69, 9.17) is 28.9 Å². The lowest BCUT2D eigenvalue weighted by molar-refractivity contribution is -0.384. The van der Waals surface area contributed by atoms with Gasteiger partial charge in [0, 0.05) is 48.5 Å². The lowest BCUT2D eigenvalue weighted by Crippen LogP contribution is -2.64. The number of ether oxygens (including phenoxy) is 4. The summed E-state index contributed by atoms with van der Waals surface area (Å²) in [6.45, 7) is 4.68. The monoisotopic (exact) mass is 840 g/mol. The lowest BCUT2D eigenvalue weighted by Gasteiger charge is -2.58. The molecule has 2 N–H and O–H groups in total. The highest BCUT2D eigenvalue weighted by atomic mass is 32.2. The number of nitrogens with zero attached hydrogens (tertiary/aromatic N) is 2. The van der Waals surface area contributed by atoms with Crippen LogP contribution in [-0.4, -0.2) is 70.4 Å². The maximum absolute atomic E-state index is 11.9. The third-order valence-electron chi connectivity index (χ3n) is 12.4. The molecule has 320 valence electrons. The highest BCUT2D eigenvalue weighted by molar-refractivity contribution is 8.00. The number of aldehydes is 1. The molecule has 3 aromatic rings. The van der Waals surface area contributed by atoms with E-state index < -0.39 is 10.7 Å². The highest BCUT2D eigenvalue weighted by Gasteiger charge is 2.64. The number of nitro groups is 1. The topological polar surface area (TPSA) is 159 Å². The molecule has 4 aliphatic rings. The Morgan fingerprint density at radius 2 is 1.73 bits per heavy atom. The van der Waals surface area contributed by atoms with Crippen LogP contribution in [0.4, 0.5) is 5.69 Å². The van der Waals surface area contributed by atoms with Gasteiger partial charge in [0.05, 0.1) is 41.1 Å². The zero-order valence-electron chi connectivity index (χ0n) is 34.2. The van der Waals surface area contributed by atoms with Crippen molar-refractivity contribution in [3.05, 3.63) is 112 Å². The second-order valence-corrected chi connectivity index (χ2v) is 17.6. The molecule has 7 rings (SSSR count). The number of nitro benzene ring substituents is 1. The Bertz CT molecular complexity index is 2030. The van der Waals surface area contributed by atoms with Crippen molar-refractivity contribution >= 4 is 29.4 Å². The Morgan fingerprint density at radius 3 is 2.43 bits per heavy atom. The van der Waals surface area contributed by atoms with Crippen LogP contribution in [0.3, 0.4) is 0 Å².